The van der Waals surface area contributed by atoms with E-state index in [-0.39, 0.29) is 11.4 Å². The molecule has 0 heterocycles. The van der Waals surface area contributed by atoms with Crippen LogP contribution in [0.2, 0.25) is 0 Å². The van der Waals surface area contributed by atoms with Gasteiger partial charge in [0.05, 0.1) is 16.8 Å². The molecule has 1 N–H and O–H groups in total. The predicted octanol–water partition coefficient (Wildman–Crippen LogP) is 3.47. The summed E-state index contributed by atoms with van der Waals surface area (Å²) in [6.45, 7) is 4.59. The highest BCUT2D eigenvalue weighted by atomic mass is 16.6. The smallest absolute Gasteiger partial charge is 0.270 e. The summed E-state index contributed by atoms with van der Waals surface area (Å²) in [6, 6.07) is 11.7. The molecule has 2 aromatic rings. The summed E-state index contributed by atoms with van der Waals surface area (Å²) in [4.78, 5) is 10.3. The number of hydrazone groups is 1. The number of hydrogen-bond donors (Lipinski definition) is 1. The number of rotatable bonds is 5. The van der Waals surface area contributed by atoms with Crippen molar-refractivity contribution in [1.82, 2.24) is 0 Å². The molecule has 22 heavy (non-hydrogen) atoms. The van der Waals surface area contributed by atoms with E-state index in [0.717, 1.165) is 11.3 Å². The molecule has 0 aliphatic heterocycles. The van der Waals surface area contributed by atoms with Crippen LogP contribution in [0.3, 0.4) is 0 Å². The first-order valence-electron chi connectivity index (χ1n) is 6.87. The Morgan fingerprint density at radius 1 is 1.27 bits per heavy atom. The van der Waals surface area contributed by atoms with Crippen LogP contribution in [0.5, 0.6) is 5.75 Å². The molecule has 0 spiro atoms. The standard InChI is InChI=1S/C16H17N3O3/c1-3-18(14-6-4-12(2)5-7-14)17-11-13-10-15(19(21)22)8-9-16(13)20/h4-11,20H,3H2,1-2H3/b17-11+. The van der Waals surface area contributed by atoms with Gasteiger partial charge in [0, 0.05) is 24.2 Å². The summed E-state index contributed by atoms with van der Waals surface area (Å²) >= 11 is 0. The molecule has 0 atom stereocenters. The van der Waals surface area contributed by atoms with Gasteiger partial charge in [0.1, 0.15) is 5.75 Å². The van der Waals surface area contributed by atoms with Crippen LogP contribution >= 0.6 is 0 Å². The van der Waals surface area contributed by atoms with Crippen molar-refractivity contribution in [3.63, 3.8) is 0 Å². The summed E-state index contributed by atoms with van der Waals surface area (Å²) in [6.07, 6.45) is 1.42. The normalized spacial score (nSPS) is 10.8. The van der Waals surface area contributed by atoms with E-state index in [4.69, 9.17) is 0 Å². The molecule has 0 unspecified atom stereocenters. The maximum atomic E-state index is 10.8. The molecule has 114 valence electrons. The number of aryl methyl sites for hydroxylation is 1. The molecule has 0 aromatic heterocycles. The maximum absolute atomic E-state index is 10.8. The number of nitro groups is 1. The van der Waals surface area contributed by atoms with Crippen molar-refractivity contribution < 1.29 is 10.0 Å². The van der Waals surface area contributed by atoms with Crippen molar-refractivity contribution in [2.75, 3.05) is 11.6 Å². The fourth-order valence-electron chi connectivity index (χ4n) is 1.94. The number of hydrogen-bond acceptors (Lipinski definition) is 5. The number of phenolic OH excluding ortho intramolecular Hbond substituents is 1. The van der Waals surface area contributed by atoms with Gasteiger partial charge in [0.15, 0.2) is 0 Å². The van der Waals surface area contributed by atoms with Crippen LogP contribution in [-0.4, -0.2) is 22.8 Å². The van der Waals surface area contributed by atoms with Crippen LogP contribution in [0.25, 0.3) is 0 Å². The first-order chi connectivity index (χ1) is 10.5. The third-order valence-electron chi connectivity index (χ3n) is 3.19. The lowest BCUT2D eigenvalue weighted by Gasteiger charge is -2.17. The fourth-order valence-corrected chi connectivity index (χ4v) is 1.94. The Kier molecular flexibility index (Phi) is 4.73. The van der Waals surface area contributed by atoms with Gasteiger partial charge in [-0.3, -0.25) is 15.1 Å². The topological polar surface area (TPSA) is 79.0 Å². The Bertz CT molecular complexity index is 696. The third kappa shape index (κ3) is 3.60. The molecule has 0 amide bonds. The fraction of sp³-hybridized carbons (Fsp3) is 0.188. The van der Waals surface area contributed by atoms with Crippen molar-refractivity contribution in [2.45, 2.75) is 13.8 Å². The second-order valence-electron chi connectivity index (χ2n) is 4.80. The van der Waals surface area contributed by atoms with E-state index in [1.165, 1.54) is 24.4 Å². The SMILES string of the molecule is CCN(/N=C/c1cc([N+](=O)[O-])ccc1O)c1ccc(C)cc1. The highest BCUT2D eigenvalue weighted by Crippen LogP contribution is 2.22. The lowest BCUT2D eigenvalue weighted by molar-refractivity contribution is -0.384. The molecular weight excluding hydrogens is 282 g/mol. The number of anilines is 1. The molecule has 0 aliphatic rings. The zero-order valence-corrected chi connectivity index (χ0v) is 12.4. The van der Waals surface area contributed by atoms with Gasteiger partial charge in [-0.05, 0) is 32.0 Å². The zero-order valence-electron chi connectivity index (χ0n) is 12.4. The van der Waals surface area contributed by atoms with Crippen molar-refractivity contribution >= 4 is 17.6 Å². The van der Waals surface area contributed by atoms with E-state index in [0.29, 0.717) is 12.1 Å². The minimum atomic E-state index is -0.506. The molecule has 2 rings (SSSR count). The van der Waals surface area contributed by atoms with Gasteiger partial charge in [-0.15, -0.1) is 0 Å². The lowest BCUT2D eigenvalue weighted by atomic mass is 10.2. The Morgan fingerprint density at radius 2 is 1.95 bits per heavy atom. The monoisotopic (exact) mass is 299 g/mol. The Balaban J connectivity index is 2.27. The largest absolute Gasteiger partial charge is 0.507 e. The molecule has 0 fully saturated rings. The first-order valence-corrected chi connectivity index (χ1v) is 6.87. The summed E-state index contributed by atoms with van der Waals surface area (Å²) in [5.41, 5.74) is 2.28. The second kappa shape index (κ2) is 6.71. The van der Waals surface area contributed by atoms with Gasteiger partial charge in [-0.25, -0.2) is 0 Å². The summed E-state index contributed by atoms with van der Waals surface area (Å²) in [5.74, 6) is -0.0469. The summed E-state index contributed by atoms with van der Waals surface area (Å²) < 4.78 is 0. The van der Waals surface area contributed by atoms with Crippen LogP contribution in [0.15, 0.2) is 47.6 Å². The van der Waals surface area contributed by atoms with Crippen LogP contribution in [0.1, 0.15) is 18.1 Å². The highest BCUT2D eigenvalue weighted by Gasteiger charge is 2.09. The van der Waals surface area contributed by atoms with Gasteiger partial charge >= 0.3 is 0 Å². The second-order valence-corrected chi connectivity index (χ2v) is 4.80. The molecule has 0 radical (unpaired) electrons. The lowest BCUT2D eigenvalue weighted by Crippen LogP contribution is -2.15. The third-order valence-corrected chi connectivity index (χ3v) is 3.19. The number of nitrogens with zero attached hydrogens (tertiary/aromatic N) is 3. The quantitative estimate of drug-likeness (QED) is 0.521. The molecular formula is C16H17N3O3. The van der Waals surface area contributed by atoms with Gasteiger partial charge in [0.25, 0.3) is 5.69 Å². The van der Waals surface area contributed by atoms with Crippen LogP contribution < -0.4 is 5.01 Å². The average Bonchev–Trinajstić information content (AvgIpc) is 2.50. The molecule has 0 saturated heterocycles. The number of benzene rings is 2. The number of aromatic hydroxyl groups is 1. The molecule has 2 aromatic carbocycles. The van der Waals surface area contributed by atoms with E-state index in [9.17, 15) is 15.2 Å². The average molecular weight is 299 g/mol. The molecule has 0 aliphatic carbocycles. The summed E-state index contributed by atoms with van der Waals surface area (Å²) in [7, 11) is 0. The summed E-state index contributed by atoms with van der Waals surface area (Å²) in [5, 5.41) is 26.6. The zero-order chi connectivity index (χ0) is 16.1. The van der Waals surface area contributed by atoms with Crippen LogP contribution in [0, 0.1) is 17.0 Å². The minimum absolute atomic E-state index is 0.0469. The van der Waals surface area contributed by atoms with E-state index >= 15 is 0 Å². The van der Waals surface area contributed by atoms with E-state index < -0.39 is 4.92 Å². The highest BCUT2D eigenvalue weighted by molar-refractivity contribution is 5.85. The first kappa shape index (κ1) is 15.5. The van der Waals surface area contributed by atoms with Gasteiger partial charge in [-0.2, -0.15) is 5.10 Å². The number of non-ortho nitro benzene ring substituents is 1. The van der Waals surface area contributed by atoms with E-state index in [2.05, 4.69) is 5.10 Å². The van der Waals surface area contributed by atoms with E-state index in [1.807, 2.05) is 38.1 Å². The predicted molar refractivity (Wildman–Crippen MR) is 86.6 cm³/mol. The molecule has 0 saturated carbocycles. The van der Waals surface area contributed by atoms with Crippen molar-refractivity contribution in [1.29, 1.82) is 0 Å². The van der Waals surface area contributed by atoms with E-state index in [1.54, 1.807) is 5.01 Å². The van der Waals surface area contributed by atoms with Crippen molar-refractivity contribution in [3.8, 4) is 5.75 Å². The molecule has 6 nitrogen and oxygen atoms in total. The molecule has 0 bridgehead atoms. The van der Waals surface area contributed by atoms with Crippen LogP contribution in [-0.2, 0) is 0 Å². The minimum Gasteiger partial charge on any atom is -0.507 e. The van der Waals surface area contributed by atoms with Gasteiger partial charge in [0.2, 0.25) is 0 Å². The van der Waals surface area contributed by atoms with Gasteiger partial charge < -0.3 is 5.11 Å². The molecule has 6 heteroatoms. The Morgan fingerprint density at radius 3 is 2.55 bits per heavy atom. The van der Waals surface area contributed by atoms with Crippen LogP contribution in [0.4, 0.5) is 11.4 Å². The Labute approximate surface area is 128 Å². The van der Waals surface area contributed by atoms with Crippen molar-refractivity contribution in [2.24, 2.45) is 5.10 Å². The Hall–Kier alpha value is -2.89. The van der Waals surface area contributed by atoms with Gasteiger partial charge in [-0.1, -0.05) is 17.7 Å². The maximum Gasteiger partial charge on any atom is 0.270 e. The number of nitro benzene ring substituents is 1. The number of phenols is 1. The van der Waals surface area contributed by atoms with Crippen molar-refractivity contribution in [3.05, 3.63) is 63.7 Å².